The number of ether oxygens (including phenoxy) is 1. The summed E-state index contributed by atoms with van der Waals surface area (Å²) >= 11 is 8.36. The molecule has 1 heterocycles. The highest BCUT2D eigenvalue weighted by Gasteiger charge is 2.12. The molecule has 0 spiro atoms. The highest BCUT2D eigenvalue weighted by atomic mass is 79.9. The number of rotatable bonds is 4. The highest BCUT2D eigenvalue weighted by molar-refractivity contribution is 9.10. The quantitative estimate of drug-likeness (QED) is 0.772. The molecule has 0 radical (unpaired) electrons. The van der Waals surface area contributed by atoms with E-state index in [9.17, 15) is 4.79 Å². The number of tetrazole rings is 1. The number of nitrogens with zero attached hydrogens (tertiary/aromatic N) is 4. The third kappa shape index (κ3) is 3.98. The Morgan fingerprint density at radius 3 is 2.86 bits per heavy atom. The number of methoxy groups -OCH3 is 1. The lowest BCUT2D eigenvalue weighted by molar-refractivity contribution is 0.0977. The van der Waals surface area contributed by atoms with Crippen LogP contribution in [0.3, 0.4) is 0 Å². The summed E-state index contributed by atoms with van der Waals surface area (Å²) in [6, 6.07) is 4.96. The molecule has 22 heavy (non-hydrogen) atoms. The fraction of sp³-hybridized carbons (Fsp3) is 0.250. The minimum absolute atomic E-state index is 0.0904. The van der Waals surface area contributed by atoms with Crippen molar-refractivity contribution in [3.63, 3.8) is 0 Å². The van der Waals surface area contributed by atoms with Gasteiger partial charge in [-0.2, -0.15) is 4.80 Å². The summed E-state index contributed by atoms with van der Waals surface area (Å²) in [6.45, 7) is 2.47. The van der Waals surface area contributed by atoms with Crippen LogP contribution >= 0.6 is 28.1 Å². The number of aromatic nitrogens is 4. The van der Waals surface area contributed by atoms with E-state index in [1.54, 1.807) is 25.3 Å². The molecule has 1 aromatic carbocycles. The van der Waals surface area contributed by atoms with Crippen molar-refractivity contribution in [2.24, 2.45) is 0 Å². The topological polar surface area (TPSA) is 94.0 Å². The molecule has 0 saturated heterocycles. The van der Waals surface area contributed by atoms with Gasteiger partial charge in [-0.25, -0.2) is 0 Å². The Bertz CT molecular complexity index is 705. The number of hydrogen-bond acceptors (Lipinski definition) is 6. The number of aryl methyl sites for hydroxylation is 1. The van der Waals surface area contributed by atoms with Crippen molar-refractivity contribution in [3.8, 4) is 5.75 Å². The molecule has 1 aromatic heterocycles. The van der Waals surface area contributed by atoms with Gasteiger partial charge in [0.25, 0.3) is 11.9 Å². The molecular weight excluding hydrogens is 372 g/mol. The molecular formula is C12H13BrN6O2S. The monoisotopic (exact) mass is 384 g/mol. The zero-order chi connectivity index (χ0) is 16.1. The second-order valence-electron chi connectivity index (χ2n) is 4.06. The molecule has 0 aliphatic carbocycles. The molecule has 10 heteroatoms. The van der Waals surface area contributed by atoms with Gasteiger partial charge in [0, 0.05) is 5.56 Å². The Kier molecular flexibility index (Phi) is 5.39. The molecule has 0 aliphatic rings. The predicted octanol–water partition coefficient (Wildman–Crippen LogP) is 1.59. The van der Waals surface area contributed by atoms with E-state index in [0.29, 0.717) is 22.3 Å². The van der Waals surface area contributed by atoms with Crippen LogP contribution in [0.1, 0.15) is 17.3 Å². The fourth-order valence-corrected chi connectivity index (χ4v) is 2.27. The molecule has 1 amide bonds. The van der Waals surface area contributed by atoms with Crippen LogP contribution < -0.4 is 15.4 Å². The first-order valence-electron chi connectivity index (χ1n) is 6.27. The first kappa shape index (κ1) is 16.3. The van der Waals surface area contributed by atoms with E-state index in [2.05, 4.69) is 42.0 Å². The minimum atomic E-state index is -0.358. The molecule has 0 atom stereocenters. The second-order valence-corrected chi connectivity index (χ2v) is 5.32. The summed E-state index contributed by atoms with van der Waals surface area (Å²) in [5.41, 5.74) is 0.432. The average molecular weight is 385 g/mol. The number of carbonyl (C=O) groups excluding carboxylic acids is 1. The number of nitrogens with one attached hydrogen (secondary N) is 2. The number of amides is 1. The summed E-state index contributed by atoms with van der Waals surface area (Å²) in [5.74, 6) is 0.504. The van der Waals surface area contributed by atoms with Gasteiger partial charge in [-0.1, -0.05) is 5.10 Å². The van der Waals surface area contributed by atoms with Gasteiger partial charge in [-0.15, -0.1) is 5.10 Å². The molecule has 0 aliphatic heterocycles. The molecule has 0 saturated carbocycles. The first-order valence-corrected chi connectivity index (χ1v) is 7.47. The van der Waals surface area contributed by atoms with Crippen LogP contribution in [0, 0.1) is 0 Å². The van der Waals surface area contributed by atoms with Gasteiger partial charge < -0.3 is 4.74 Å². The van der Waals surface area contributed by atoms with Crippen molar-refractivity contribution in [1.29, 1.82) is 0 Å². The van der Waals surface area contributed by atoms with E-state index < -0.39 is 0 Å². The summed E-state index contributed by atoms with van der Waals surface area (Å²) in [5, 5.41) is 16.9. The van der Waals surface area contributed by atoms with Gasteiger partial charge >= 0.3 is 0 Å². The van der Waals surface area contributed by atoms with Gasteiger partial charge in [0.1, 0.15) is 5.75 Å². The number of carbonyl (C=O) groups is 1. The normalized spacial score (nSPS) is 10.1. The lowest BCUT2D eigenvalue weighted by atomic mass is 10.2. The van der Waals surface area contributed by atoms with Crippen molar-refractivity contribution in [2.75, 3.05) is 12.4 Å². The van der Waals surface area contributed by atoms with E-state index >= 15 is 0 Å². The maximum Gasteiger partial charge on any atom is 0.269 e. The van der Waals surface area contributed by atoms with E-state index in [1.807, 2.05) is 6.92 Å². The third-order valence-corrected chi connectivity index (χ3v) is 3.43. The zero-order valence-corrected chi connectivity index (χ0v) is 14.2. The van der Waals surface area contributed by atoms with Crippen molar-refractivity contribution >= 4 is 45.1 Å². The van der Waals surface area contributed by atoms with Crippen LogP contribution in [0.4, 0.5) is 5.95 Å². The van der Waals surface area contributed by atoms with Crippen LogP contribution in [-0.4, -0.2) is 38.3 Å². The summed E-state index contributed by atoms with van der Waals surface area (Å²) in [7, 11) is 1.55. The molecule has 0 bridgehead atoms. The number of thiocarbonyl (C=S) groups is 1. The van der Waals surface area contributed by atoms with E-state index in [-0.39, 0.29) is 17.0 Å². The predicted molar refractivity (Wildman–Crippen MR) is 87.9 cm³/mol. The third-order valence-electron chi connectivity index (χ3n) is 2.60. The number of hydrogen-bond donors (Lipinski definition) is 2. The van der Waals surface area contributed by atoms with Crippen LogP contribution in [-0.2, 0) is 6.54 Å². The van der Waals surface area contributed by atoms with E-state index in [4.69, 9.17) is 17.0 Å². The number of anilines is 1. The van der Waals surface area contributed by atoms with Crippen molar-refractivity contribution in [1.82, 2.24) is 25.5 Å². The lowest BCUT2D eigenvalue weighted by Crippen LogP contribution is -2.34. The van der Waals surface area contributed by atoms with E-state index in [0.717, 1.165) is 0 Å². The highest BCUT2D eigenvalue weighted by Crippen LogP contribution is 2.25. The standard InChI is InChI=1S/C12H13BrN6O2S/c1-3-19-17-11(16-18-19)15-12(22)14-10(20)7-4-5-9(21-2)8(13)6-7/h4-6H,3H2,1-2H3,(H2,14,15,17,20,22). The molecule has 116 valence electrons. The molecule has 0 unspecified atom stereocenters. The van der Waals surface area contributed by atoms with Crippen LogP contribution in [0.5, 0.6) is 5.75 Å². The van der Waals surface area contributed by atoms with Crippen molar-refractivity contribution in [3.05, 3.63) is 28.2 Å². The Hall–Kier alpha value is -2.07. The Morgan fingerprint density at radius 1 is 1.50 bits per heavy atom. The summed E-state index contributed by atoms with van der Waals surface area (Å²) < 4.78 is 5.79. The fourth-order valence-electron chi connectivity index (χ4n) is 1.54. The van der Waals surface area contributed by atoms with Crippen molar-refractivity contribution in [2.45, 2.75) is 13.5 Å². The van der Waals surface area contributed by atoms with E-state index in [1.165, 1.54) is 4.80 Å². The molecule has 2 N–H and O–H groups in total. The largest absolute Gasteiger partial charge is 0.496 e. The maximum atomic E-state index is 12.1. The van der Waals surface area contributed by atoms with Crippen LogP contribution in [0.15, 0.2) is 22.7 Å². The Balaban J connectivity index is 1.98. The summed E-state index contributed by atoms with van der Waals surface area (Å²) in [6.07, 6.45) is 0. The van der Waals surface area contributed by atoms with Gasteiger partial charge in [-0.3, -0.25) is 15.4 Å². The number of benzene rings is 1. The Labute approximate surface area is 140 Å². The van der Waals surface area contributed by atoms with Gasteiger partial charge in [0.05, 0.1) is 18.1 Å². The van der Waals surface area contributed by atoms with Gasteiger partial charge in [-0.05, 0) is 58.5 Å². The number of halogens is 1. The van der Waals surface area contributed by atoms with Crippen molar-refractivity contribution < 1.29 is 9.53 Å². The average Bonchev–Trinajstić information content (AvgIpc) is 2.94. The molecule has 2 rings (SSSR count). The van der Waals surface area contributed by atoms with Gasteiger partial charge in [0.2, 0.25) is 0 Å². The minimum Gasteiger partial charge on any atom is -0.496 e. The lowest BCUT2D eigenvalue weighted by Gasteiger charge is -2.08. The van der Waals surface area contributed by atoms with Crippen LogP contribution in [0.2, 0.25) is 0 Å². The molecule has 0 fully saturated rings. The second kappa shape index (κ2) is 7.27. The zero-order valence-electron chi connectivity index (χ0n) is 11.8. The smallest absolute Gasteiger partial charge is 0.269 e. The Morgan fingerprint density at radius 2 is 2.27 bits per heavy atom. The molecule has 2 aromatic rings. The summed E-state index contributed by atoms with van der Waals surface area (Å²) in [4.78, 5) is 13.5. The SMILES string of the molecule is CCn1nnc(NC(=S)NC(=O)c2ccc(OC)c(Br)c2)n1. The molecule has 8 nitrogen and oxygen atoms in total. The maximum absolute atomic E-state index is 12.1. The first-order chi connectivity index (χ1) is 10.5. The van der Waals surface area contributed by atoms with Crippen LogP contribution in [0.25, 0.3) is 0 Å². The van der Waals surface area contributed by atoms with Gasteiger partial charge in [0.15, 0.2) is 5.11 Å².